The van der Waals surface area contributed by atoms with Crippen molar-refractivity contribution in [2.24, 2.45) is 5.41 Å². The van der Waals surface area contributed by atoms with Gasteiger partial charge in [0.2, 0.25) is 0 Å². The lowest BCUT2D eigenvalue weighted by Crippen LogP contribution is -2.24. The van der Waals surface area contributed by atoms with E-state index in [0.717, 1.165) is 48.4 Å². The third-order valence-electron chi connectivity index (χ3n) is 6.34. The summed E-state index contributed by atoms with van der Waals surface area (Å²) in [6.07, 6.45) is 7.52. The van der Waals surface area contributed by atoms with E-state index in [9.17, 15) is 0 Å². The molecule has 0 bridgehead atoms. The van der Waals surface area contributed by atoms with Crippen molar-refractivity contribution >= 4 is 29.1 Å². The van der Waals surface area contributed by atoms with Crippen molar-refractivity contribution in [2.75, 3.05) is 18.4 Å². The van der Waals surface area contributed by atoms with Gasteiger partial charge in [0, 0.05) is 16.7 Å². The summed E-state index contributed by atoms with van der Waals surface area (Å²) in [5, 5.41) is 8.71. The first-order chi connectivity index (χ1) is 14.0. The molecule has 0 amide bonds. The van der Waals surface area contributed by atoms with E-state index in [-0.39, 0.29) is 0 Å². The van der Waals surface area contributed by atoms with Crippen LogP contribution < -0.4 is 10.6 Å². The summed E-state index contributed by atoms with van der Waals surface area (Å²) in [5.41, 5.74) is 5.73. The number of halogens is 1. The van der Waals surface area contributed by atoms with Gasteiger partial charge in [0.1, 0.15) is 0 Å². The smallest absolute Gasteiger partial charge is 0.0640 e. The second-order valence-corrected chi connectivity index (χ2v) is 11.1. The van der Waals surface area contributed by atoms with Gasteiger partial charge >= 0.3 is 0 Å². The second kappa shape index (κ2) is 9.32. The highest BCUT2D eigenvalue weighted by Crippen LogP contribution is 2.42. The van der Waals surface area contributed by atoms with Crippen LogP contribution in [0.2, 0.25) is 5.02 Å². The highest BCUT2D eigenvalue weighted by Gasteiger charge is 2.28. The minimum Gasteiger partial charge on any atom is -0.380 e. The number of nitrogens with one attached hydrogen (secondary N) is 2. The predicted octanol–water partition coefficient (Wildman–Crippen LogP) is 6.70. The second-order valence-electron chi connectivity index (χ2n) is 9.31. The Balaban J connectivity index is 1.39. The van der Waals surface area contributed by atoms with Crippen LogP contribution in [0.3, 0.4) is 0 Å². The Kier molecular flexibility index (Phi) is 6.78. The molecule has 2 aliphatic rings. The fourth-order valence-electron chi connectivity index (χ4n) is 4.73. The topological polar surface area (TPSA) is 24.1 Å². The molecular weight excluding hydrogens is 396 g/mol. The number of hydrogen-bond donors (Lipinski definition) is 2. The Bertz CT molecular complexity index is 831. The maximum Gasteiger partial charge on any atom is 0.0640 e. The summed E-state index contributed by atoms with van der Waals surface area (Å²) < 4.78 is 0. The molecule has 0 spiro atoms. The van der Waals surface area contributed by atoms with Crippen LogP contribution >= 0.6 is 23.4 Å². The molecule has 1 unspecified atom stereocenters. The third kappa shape index (κ3) is 5.51. The molecule has 2 N–H and O–H groups in total. The van der Waals surface area contributed by atoms with Crippen molar-refractivity contribution in [1.82, 2.24) is 5.32 Å². The van der Waals surface area contributed by atoms with E-state index >= 15 is 0 Å². The standard InChI is InChI=1S/C25H33ClN2S/c1-25(2)13-3-4-21(16-25)29-20-8-5-18(6-9-20)17-28-24-22-12-15-27-14-11-19(22)7-10-23(24)26/h5-10,21,27-28H,3-4,11-17H2,1-2H3. The first-order valence-corrected chi connectivity index (χ1v) is 12.3. The van der Waals surface area contributed by atoms with Crippen LogP contribution in [0.4, 0.5) is 5.69 Å². The highest BCUT2D eigenvalue weighted by molar-refractivity contribution is 8.00. The summed E-state index contributed by atoms with van der Waals surface area (Å²) in [7, 11) is 0. The minimum atomic E-state index is 0.502. The van der Waals surface area contributed by atoms with Crippen molar-refractivity contribution in [3.63, 3.8) is 0 Å². The summed E-state index contributed by atoms with van der Waals surface area (Å²) in [6.45, 7) is 7.71. The Morgan fingerprint density at radius 1 is 1.10 bits per heavy atom. The van der Waals surface area contributed by atoms with E-state index in [1.807, 2.05) is 6.07 Å². The van der Waals surface area contributed by atoms with E-state index in [1.165, 1.54) is 47.3 Å². The van der Waals surface area contributed by atoms with Crippen LogP contribution in [0, 0.1) is 5.41 Å². The Hall–Kier alpha value is -1.16. The van der Waals surface area contributed by atoms with Crippen LogP contribution in [-0.4, -0.2) is 18.3 Å². The molecule has 0 radical (unpaired) electrons. The number of hydrogen-bond acceptors (Lipinski definition) is 3. The van der Waals surface area contributed by atoms with Crippen LogP contribution in [0.25, 0.3) is 0 Å². The average molecular weight is 429 g/mol. The molecule has 0 aromatic heterocycles. The van der Waals surface area contributed by atoms with Gasteiger partial charge < -0.3 is 10.6 Å². The zero-order valence-corrected chi connectivity index (χ0v) is 19.3. The Labute approximate surface area is 185 Å². The molecular formula is C25H33ClN2S. The van der Waals surface area contributed by atoms with E-state index in [0.29, 0.717) is 5.41 Å². The molecule has 1 fully saturated rings. The van der Waals surface area contributed by atoms with Gasteiger partial charge in [0.05, 0.1) is 10.7 Å². The van der Waals surface area contributed by atoms with Gasteiger partial charge in [-0.05, 0) is 85.5 Å². The monoisotopic (exact) mass is 428 g/mol. The lowest BCUT2D eigenvalue weighted by Gasteiger charge is -2.34. The number of fused-ring (bicyclic) bond motifs is 1. The first kappa shape index (κ1) is 21.1. The molecule has 29 heavy (non-hydrogen) atoms. The summed E-state index contributed by atoms with van der Waals surface area (Å²) in [4.78, 5) is 1.40. The minimum absolute atomic E-state index is 0.502. The number of anilines is 1. The Morgan fingerprint density at radius 2 is 1.90 bits per heavy atom. The van der Waals surface area contributed by atoms with E-state index in [1.54, 1.807) is 0 Å². The van der Waals surface area contributed by atoms with E-state index in [4.69, 9.17) is 11.6 Å². The highest BCUT2D eigenvalue weighted by atomic mass is 35.5. The molecule has 2 aromatic rings. The third-order valence-corrected chi connectivity index (χ3v) is 7.93. The zero-order valence-electron chi connectivity index (χ0n) is 17.7. The van der Waals surface area contributed by atoms with Crippen LogP contribution in [-0.2, 0) is 19.4 Å². The van der Waals surface area contributed by atoms with Crippen molar-refractivity contribution in [3.8, 4) is 0 Å². The molecule has 1 aliphatic heterocycles. The van der Waals surface area contributed by atoms with Gasteiger partial charge in [-0.25, -0.2) is 0 Å². The van der Waals surface area contributed by atoms with Crippen LogP contribution in [0.1, 0.15) is 56.2 Å². The molecule has 1 heterocycles. The normalized spacial score (nSPS) is 21.3. The van der Waals surface area contributed by atoms with Gasteiger partial charge in [0.25, 0.3) is 0 Å². The molecule has 4 heteroatoms. The van der Waals surface area contributed by atoms with Gasteiger partial charge in [-0.1, -0.05) is 50.1 Å². The van der Waals surface area contributed by atoms with Crippen LogP contribution in [0.15, 0.2) is 41.3 Å². The van der Waals surface area contributed by atoms with Gasteiger partial charge in [-0.3, -0.25) is 0 Å². The molecule has 4 rings (SSSR count). The maximum absolute atomic E-state index is 6.55. The maximum atomic E-state index is 6.55. The van der Waals surface area contributed by atoms with Crippen molar-refractivity contribution in [2.45, 2.75) is 69.1 Å². The zero-order chi connectivity index (χ0) is 20.3. The molecule has 0 saturated heterocycles. The van der Waals surface area contributed by atoms with Crippen LogP contribution in [0.5, 0.6) is 0 Å². The molecule has 156 valence electrons. The average Bonchev–Trinajstić information content (AvgIpc) is 2.93. The molecule has 1 atom stereocenters. The van der Waals surface area contributed by atoms with Crippen molar-refractivity contribution in [1.29, 1.82) is 0 Å². The molecule has 1 saturated carbocycles. The predicted molar refractivity (Wildman–Crippen MR) is 127 cm³/mol. The Morgan fingerprint density at radius 3 is 2.69 bits per heavy atom. The largest absolute Gasteiger partial charge is 0.380 e. The summed E-state index contributed by atoms with van der Waals surface area (Å²) >= 11 is 8.62. The quantitative estimate of drug-likeness (QED) is 0.553. The SMILES string of the molecule is CC1(C)CCCC(Sc2ccc(CNc3c(Cl)ccc4c3CCNCC4)cc2)C1. The molecule has 2 aromatic carbocycles. The number of benzene rings is 2. The lowest BCUT2D eigenvalue weighted by atomic mass is 9.77. The first-order valence-electron chi connectivity index (χ1n) is 11.0. The van der Waals surface area contributed by atoms with Gasteiger partial charge in [-0.2, -0.15) is 0 Å². The summed E-state index contributed by atoms with van der Waals surface area (Å²) in [6, 6.07) is 13.3. The number of rotatable bonds is 5. The molecule has 1 aliphatic carbocycles. The number of thioether (sulfide) groups is 1. The van der Waals surface area contributed by atoms with E-state index in [2.05, 4.69) is 66.6 Å². The van der Waals surface area contributed by atoms with Crippen molar-refractivity contribution in [3.05, 3.63) is 58.1 Å². The van der Waals surface area contributed by atoms with Gasteiger partial charge in [-0.15, -0.1) is 11.8 Å². The summed E-state index contributed by atoms with van der Waals surface area (Å²) in [5.74, 6) is 0. The fourth-order valence-corrected chi connectivity index (χ4v) is 6.47. The fraction of sp³-hybridized carbons (Fsp3) is 0.520. The van der Waals surface area contributed by atoms with Gasteiger partial charge in [0.15, 0.2) is 0 Å². The van der Waals surface area contributed by atoms with Crippen molar-refractivity contribution < 1.29 is 0 Å². The molecule has 2 nitrogen and oxygen atoms in total. The van der Waals surface area contributed by atoms with E-state index < -0.39 is 0 Å². The lowest BCUT2D eigenvalue weighted by molar-refractivity contribution is 0.251.